The van der Waals surface area contributed by atoms with Crippen LogP contribution in [-0.4, -0.2) is 44.0 Å². The summed E-state index contributed by atoms with van der Waals surface area (Å²) in [6.45, 7) is 0.358. The first-order valence-corrected chi connectivity index (χ1v) is 8.36. The Balaban J connectivity index is 1.72. The molecular formula is C15H15FN2O4S. The first kappa shape index (κ1) is 15.7. The molecule has 0 radical (unpaired) electrons. The van der Waals surface area contributed by atoms with E-state index in [1.807, 2.05) is 0 Å². The summed E-state index contributed by atoms with van der Waals surface area (Å²) in [6.07, 6.45) is 1.32. The second-order valence-electron chi connectivity index (χ2n) is 5.03. The molecule has 0 amide bonds. The van der Waals surface area contributed by atoms with Crippen LogP contribution >= 0.6 is 0 Å². The van der Waals surface area contributed by atoms with Gasteiger partial charge in [-0.2, -0.15) is 4.31 Å². The lowest BCUT2D eigenvalue weighted by atomic mass is 10.2. The van der Waals surface area contributed by atoms with Gasteiger partial charge in [0.05, 0.1) is 20.2 Å². The Labute approximate surface area is 133 Å². The summed E-state index contributed by atoms with van der Waals surface area (Å²) in [5, 5.41) is 0. The maximum absolute atomic E-state index is 13.4. The van der Waals surface area contributed by atoms with Crippen molar-refractivity contribution < 1.29 is 22.3 Å². The van der Waals surface area contributed by atoms with Gasteiger partial charge < -0.3 is 9.47 Å². The number of nitrogens with zero attached hydrogens (tertiary/aromatic N) is 2. The van der Waals surface area contributed by atoms with Crippen molar-refractivity contribution in [3.63, 3.8) is 0 Å². The third-order valence-corrected chi connectivity index (χ3v) is 5.34. The van der Waals surface area contributed by atoms with Gasteiger partial charge in [-0.05, 0) is 24.3 Å². The molecule has 8 heteroatoms. The number of hydrogen-bond donors (Lipinski definition) is 0. The van der Waals surface area contributed by atoms with E-state index in [2.05, 4.69) is 4.98 Å². The molecular weight excluding hydrogens is 323 g/mol. The molecule has 0 saturated carbocycles. The molecule has 3 rings (SSSR count). The van der Waals surface area contributed by atoms with E-state index >= 15 is 0 Å². The van der Waals surface area contributed by atoms with E-state index < -0.39 is 15.8 Å². The largest absolute Gasteiger partial charge is 0.495 e. The lowest BCUT2D eigenvalue weighted by molar-refractivity contribution is 0.0719. The lowest BCUT2D eigenvalue weighted by Crippen LogP contribution is -2.56. The van der Waals surface area contributed by atoms with Crippen LogP contribution in [0.15, 0.2) is 47.5 Å². The minimum Gasteiger partial charge on any atom is -0.495 e. The number of methoxy groups -OCH3 is 1. The fourth-order valence-corrected chi connectivity index (χ4v) is 3.92. The number of hydrogen-bond acceptors (Lipinski definition) is 5. The molecule has 1 saturated heterocycles. The fraction of sp³-hybridized carbons (Fsp3) is 0.267. The summed E-state index contributed by atoms with van der Waals surface area (Å²) in [6, 6.07) is 8.66. The molecule has 1 aliphatic rings. The highest BCUT2D eigenvalue weighted by atomic mass is 32.2. The van der Waals surface area contributed by atoms with Crippen LogP contribution in [0.3, 0.4) is 0 Å². The van der Waals surface area contributed by atoms with E-state index in [9.17, 15) is 12.8 Å². The van der Waals surface area contributed by atoms with Gasteiger partial charge in [0.15, 0.2) is 0 Å². The minimum atomic E-state index is -3.82. The number of rotatable bonds is 5. The third kappa shape index (κ3) is 3.13. The minimum absolute atomic E-state index is 0.112. The Morgan fingerprint density at radius 2 is 2.04 bits per heavy atom. The van der Waals surface area contributed by atoms with Crippen LogP contribution in [0.4, 0.5) is 4.39 Å². The van der Waals surface area contributed by atoms with Gasteiger partial charge in [0, 0.05) is 12.3 Å². The Morgan fingerprint density at radius 1 is 1.26 bits per heavy atom. The Kier molecular flexibility index (Phi) is 4.18. The Morgan fingerprint density at radius 3 is 2.70 bits per heavy atom. The molecule has 0 atom stereocenters. The molecule has 1 aromatic heterocycles. The summed E-state index contributed by atoms with van der Waals surface area (Å²) in [4.78, 5) is 3.84. The number of pyridine rings is 1. The molecule has 2 aromatic rings. The SMILES string of the molecule is COc1ccc(F)cc1S(=O)(=O)N1CC(Oc2ccccn2)C1. The van der Waals surface area contributed by atoms with Crippen LogP contribution < -0.4 is 9.47 Å². The van der Waals surface area contributed by atoms with Crippen molar-refractivity contribution in [2.75, 3.05) is 20.2 Å². The van der Waals surface area contributed by atoms with Crippen molar-refractivity contribution in [2.45, 2.75) is 11.0 Å². The van der Waals surface area contributed by atoms with Gasteiger partial charge in [-0.3, -0.25) is 0 Å². The average Bonchev–Trinajstić information content (AvgIpc) is 2.51. The topological polar surface area (TPSA) is 68.7 Å². The van der Waals surface area contributed by atoms with Crippen molar-refractivity contribution in [3.8, 4) is 11.6 Å². The van der Waals surface area contributed by atoms with Crippen LogP contribution in [-0.2, 0) is 10.0 Å². The summed E-state index contributed by atoms with van der Waals surface area (Å²) in [7, 11) is -2.48. The second kappa shape index (κ2) is 6.13. The number of ether oxygens (including phenoxy) is 2. The summed E-state index contributed by atoms with van der Waals surface area (Å²) >= 11 is 0. The Bertz CT molecular complexity index is 792. The van der Waals surface area contributed by atoms with Gasteiger partial charge in [0.25, 0.3) is 0 Å². The van der Waals surface area contributed by atoms with Gasteiger partial charge in [0.1, 0.15) is 22.6 Å². The zero-order chi connectivity index (χ0) is 16.4. The summed E-state index contributed by atoms with van der Waals surface area (Å²) in [5.41, 5.74) is 0. The molecule has 122 valence electrons. The monoisotopic (exact) mass is 338 g/mol. The van der Waals surface area contributed by atoms with Crippen LogP contribution in [0.1, 0.15) is 0 Å². The number of benzene rings is 1. The van der Waals surface area contributed by atoms with Crippen molar-refractivity contribution in [1.29, 1.82) is 0 Å². The molecule has 0 N–H and O–H groups in total. The predicted molar refractivity (Wildman–Crippen MR) is 80.4 cm³/mol. The van der Waals surface area contributed by atoms with Crippen molar-refractivity contribution in [2.24, 2.45) is 0 Å². The van der Waals surface area contributed by atoms with E-state index in [0.717, 1.165) is 12.1 Å². The molecule has 0 aliphatic carbocycles. The number of halogens is 1. The highest BCUT2D eigenvalue weighted by molar-refractivity contribution is 7.89. The molecule has 2 heterocycles. The number of sulfonamides is 1. The fourth-order valence-electron chi connectivity index (χ4n) is 2.25. The highest BCUT2D eigenvalue weighted by Crippen LogP contribution is 2.30. The summed E-state index contributed by atoms with van der Waals surface area (Å²) in [5.74, 6) is -0.0791. The van der Waals surface area contributed by atoms with Gasteiger partial charge in [-0.25, -0.2) is 17.8 Å². The van der Waals surface area contributed by atoms with Crippen LogP contribution in [0, 0.1) is 5.82 Å². The zero-order valence-electron chi connectivity index (χ0n) is 12.3. The van der Waals surface area contributed by atoms with E-state index in [0.29, 0.717) is 5.88 Å². The van der Waals surface area contributed by atoms with E-state index in [1.165, 1.54) is 17.5 Å². The van der Waals surface area contributed by atoms with Gasteiger partial charge in [-0.15, -0.1) is 0 Å². The van der Waals surface area contributed by atoms with Crippen molar-refractivity contribution >= 4 is 10.0 Å². The van der Waals surface area contributed by atoms with E-state index in [-0.39, 0.29) is 29.8 Å². The maximum atomic E-state index is 13.4. The average molecular weight is 338 g/mol. The molecule has 6 nitrogen and oxygen atoms in total. The van der Waals surface area contributed by atoms with Crippen LogP contribution in [0.5, 0.6) is 11.6 Å². The normalized spacial score (nSPS) is 15.9. The van der Waals surface area contributed by atoms with Crippen LogP contribution in [0.2, 0.25) is 0 Å². The first-order chi connectivity index (χ1) is 11.0. The highest BCUT2D eigenvalue weighted by Gasteiger charge is 2.39. The van der Waals surface area contributed by atoms with Gasteiger partial charge >= 0.3 is 0 Å². The predicted octanol–water partition coefficient (Wildman–Crippen LogP) is 1.68. The third-order valence-electron chi connectivity index (χ3n) is 3.48. The van der Waals surface area contributed by atoms with Gasteiger partial charge in [0.2, 0.25) is 15.9 Å². The standard InChI is InChI=1S/C15H15FN2O4S/c1-21-13-6-5-11(16)8-14(13)23(19,20)18-9-12(10-18)22-15-4-2-3-7-17-15/h2-8,12H,9-10H2,1H3. The van der Waals surface area contributed by atoms with E-state index in [4.69, 9.17) is 9.47 Å². The first-order valence-electron chi connectivity index (χ1n) is 6.92. The molecule has 23 heavy (non-hydrogen) atoms. The Hall–Kier alpha value is -2.19. The quantitative estimate of drug-likeness (QED) is 0.830. The molecule has 0 unspecified atom stereocenters. The maximum Gasteiger partial charge on any atom is 0.247 e. The molecule has 1 aromatic carbocycles. The molecule has 0 spiro atoms. The van der Waals surface area contributed by atoms with Crippen LogP contribution in [0.25, 0.3) is 0 Å². The molecule has 1 aliphatic heterocycles. The van der Waals surface area contributed by atoms with Crippen molar-refractivity contribution in [1.82, 2.24) is 9.29 Å². The molecule has 1 fully saturated rings. The van der Waals surface area contributed by atoms with Gasteiger partial charge in [-0.1, -0.05) is 6.07 Å². The van der Waals surface area contributed by atoms with Crippen molar-refractivity contribution in [3.05, 3.63) is 48.4 Å². The summed E-state index contributed by atoms with van der Waals surface area (Å²) < 4.78 is 50.3. The zero-order valence-corrected chi connectivity index (χ0v) is 13.2. The van der Waals surface area contributed by atoms with E-state index in [1.54, 1.807) is 24.4 Å². The smallest absolute Gasteiger partial charge is 0.247 e. The second-order valence-corrected chi connectivity index (χ2v) is 6.93. The molecule has 0 bridgehead atoms. The number of aromatic nitrogens is 1. The lowest BCUT2D eigenvalue weighted by Gasteiger charge is -2.37.